The lowest BCUT2D eigenvalue weighted by Crippen LogP contribution is -2.29. The van der Waals surface area contributed by atoms with Crippen molar-refractivity contribution in [3.63, 3.8) is 0 Å². The van der Waals surface area contributed by atoms with Gasteiger partial charge in [-0.15, -0.1) is 0 Å². The summed E-state index contributed by atoms with van der Waals surface area (Å²) in [4.78, 5) is 13.4. The van der Waals surface area contributed by atoms with E-state index in [4.69, 9.17) is 4.42 Å². The second kappa shape index (κ2) is 4.61. The number of fused-ring (bicyclic) bond motifs is 1. The summed E-state index contributed by atoms with van der Waals surface area (Å²) in [6, 6.07) is 7.33. The minimum Gasteiger partial charge on any atom is -0.475 e. The molecule has 1 aliphatic heterocycles. The van der Waals surface area contributed by atoms with Gasteiger partial charge in [0.1, 0.15) is 5.58 Å². The summed E-state index contributed by atoms with van der Waals surface area (Å²) in [5, 5.41) is 20.1. The number of carboxylic acids is 1. The number of rotatable bonds is 3. The molecule has 0 spiro atoms. The Morgan fingerprint density at radius 2 is 2.20 bits per heavy atom. The van der Waals surface area contributed by atoms with Gasteiger partial charge in [-0.3, -0.25) is 4.90 Å². The van der Waals surface area contributed by atoms with E-state index in [9.17, 15) is 15.0 Å². The Morgan fingerprint density at radius 1 is 1.45 bits per heavy atom. The molecule has 20 heavy (non-hydrogen) atoms. The monoisotopic (exact) mass is 275 g/mol. The lowest BCUT2D eigenvalue weighted by molar-refractivity contribution is 0.0655. The minimum absolute atomic E-state index is 0.00209. The maximum atomic E-state index is 11.3. The number of para-hydroxylation sites is 1. The van der Waals surface area contributed by atoms with E-state index < -0.39 is 11.6 Å². The molecule has 5 heteroatoms. The van der Waals surface area contributed by atoms with Gasteiger partial charge in [-0.2, -0.15) is 0 Å². The van der Waals surface area contributed by atoms with Gasteiger partial charge in [0.05, 0.1) is 5.60 Å². The number of carbonyl (C=O) groups is 1. The normalized spacial score (nSPS) is 23.5. The molecule has 0 saturated carbocycles. The third-order valence-electron chi connectivity index (χ3n) is 3.81. The molecule has 2 heterocycles. The summed E-state index contributed by atoms with van der Waals surface area (Å²) in [6.45, 7) is 3.59. The quantitative estimate of drug-likeness (QED) is 0.897. The van der Waals surface area contributed by atoms with E-state index >= 15 is 0 Å². The van der Waals surface area contributed by atoms with Crippen LogP contribution < -0.4 is 0 Å². The zero-order valence-corrected chi connectivity index (χ0v) is 11.3. The first kappa shape index (κ1) is 13.1. The van der Waals surface area contributed by atoms with Crippen molar-refractivity contribution in [2.45, 2.75) is 25.5 Å². The zero-order valence-electron chi connectivity index (χ0n) is 11.3. The van der Waals surface area contributed by atoms with Crippen LogP contribution >= 0.6 is 0 Å². The van der Waals surface area contributed by atoms with Crippen molar-refractivity contribution in [2.24, 2.45) is 0 Å². The highest BCUT2D eigenvalue weighted by atomic mass is 16.4. The van der Waals surface area contributed by atoms with Crippen LogP contribution in [0.25, 0.3) is 11.0 Å². The third kappa shape index (κ3) is 2.30. The van der Waals surface area contributed by atoms with Crippen LogP contribution in [0.1, 0.15) is 29.5 Å². The molecule has 0 aliphatic carbocycles. The summed E-state index contributed by atoms with van der Waals surface area (Å²) < 4.78 is 5.43. The molecule has 1 saturated heterocycles. The number of hydrogen-bond donors (Lipinski definition) is 2. The van der Waals surface area contributed by atoms with Gasteiger partial charge in [0.25, 0.3) is 0 Å². The smallest absolute Gasteiger partial charge is 0.372 e. The highest BCUT2D eigenvalue weighted by molar-refractivity contribution is 5.95. The van der Waals surface area contributed by atoms with Crippen molar-refractivity contribution in [3.8, 4) is 0 Å². The van der Waals surface area contributed by atoms with E-state index in [0.717, 1.165) is 11.9 Å². The van der Waals surface area contributed by atoms with Crippen LogP contribution in [0.15, 0.2) is 28.7 Å². The Labute approximate surface area is 116 Å². The summed E-state index contributed by atoms with van der Waals surface area (Å²) in [5.74, 6) is -1.06. The van der Waals surface area contributed by atoms with Gasteiger partial charge in [0.2, 0.25) is 5.76 Å². The van der Waals surface area contributed by atoms with E-state index in [2.05, 4.69) is 4.90 Å². The van der Waals surface area contributed by atoms with Gasteiger partial charge in [0, 0.05) is 30.6 Å². The molecule has 106 valence electrons. The number of β-amino-alcohol motifs (C(OH)–C–C–N with tert-alkyl or cyclic N) is 1. The van der Waals surface area contributed by atoms with Gasteiger partial charge in [-0.25, -0.2) is 4.79 Å². The molecule has 3 rings (SSSR count). The second-order valence-electron chi connectivity index (χ2n) is 5.67. The first-order chi connectivity index (χ1) is 9.46. The second-order valence-corrected chi connectivity index (χ2v) is 5.67. The molecular formula is C15H17NO4. The number of nitrogens with zero attached hydrogens (tertiary/aromatic N) is 1. The van der Waals surface area contributed by atoms with Crippen LogP contribution in [0.5, 0.6) is 0 Å². The summed E-state index contributed by atoms with van der Waals surface area (Å²) in [6.07, 6.45) is 0.700. The highest BCUT2D eigenvalue weighted by Gasteiger charge is 2.32. The SMILES string of the molecule is CC1(O)CCN(Cc2c(C(=O)O)oc3ccccc23)C1. The maximum absolute atomic E-state index is 11.3. The molecule has 5 nitrogen and oxygen atoms in total. The molecular weight excluding hydrogens is 258 g/mol. The molecule has 0 bridgehead atoms. The van der Waals surface area contributed by atoms with Crippen molar-refractivity contribution in [1.29, 1.82) is 0 Å². The molecule has 1 aliphatic rings. The predicted octanol–water partition coefficient (Wildman–Crippen LogP) is 2.09. The fraction of sp³-hybridized carbons (Fsp3) is 0.400. The van der Waals surface area contributed by atoms with Crippen molar-refractivity contribution in [3.05, 3.63) is 35.6 Å². The van der Waals surface area contributed by atoms with E-state index in [0.29, 0.717) is 30.7 Å². The van der Waals surface area contributed by atoms with Crippen molar-refractivity contribution in [1.82, 2.24) is 4.90 Å². The largest absolute Gasteiger partial charge is 0.475 e. The molecule has 2 aromatic rings. The van der Waals surface area contributed by atoms with E-state index in [-0.39, 0.29) is 5.76 Å². The standard InChI is InChI=1S/C15H17NO4/c1-15(19)6-7-16(9-15)8-11-10-4-2-3-5-12(10)20-13(11)14(17)18/h2-5,19H,6-9H2,1H3,(H,17,18). The average molecular weight is 275 g/mol. The molecule has 1 fully saturated rings. The first-order valence-electron chi connectivity index (χ1n) is 6.65. The molecule has 0 amide bonds. The topological polar surface area (TPSA) is 73.9 Å². The summed E-state index contributed by atoms with van der Waals surface area (Å²) in [5.41, 5.74) is 0.583. The first-order valence-corrected chi connectivity index (χ1v) is 6.65. The number of aromatic carboxylic acids is 1. The lowest BCUT2D eigenvalue weighted by Gasteiger charge is -2.18. The van der Waals surface area contributed by atoms with Gasteiger partial charge in [0.15, 0.2) is 0 Å². The van der Waals surface area contributed by atoms with E-state index in [1.165, 1.54) is 0 Å². The molecule has 0 radical (unpaired) electrons. The van der Waals surface area contributed by atoms with Gasteiger partial charge in [-0.05, 0) is 19.4 Å². The van der Waals surface area contributed by atoms with Crippen LogP contribution in [-0.2, 0) is 6.54 Å². The number of benzene rings is 1. The van der Waals surface area contributed by atoms with Crippen LogP contribution in [-0.4, -0.2) is 39.8 Å². The number of carboxylic acid groups (broad SMARTS) is 1. The number of likely N-dealkylation sites (tertiary alicyclic amines) is 1. The van der Waals surface area contributed by atoms with Gasteiger partial charge < -0.3 is 14.6 Å². The van der Waals surface area contributed by atoms with Crippen molar-refractivity contribution >= 4 is 16.9 Å². The molecule has 2 N–H and O–H groups in total. The number of hydrogen-bond acceptors (Lipinski definition) is 4. The minimum atomic E-state index is -1.05. The Kier molecular flexibility index (Phi) is 3.03. The molecule has 1 aromatic carbocycles. The van der Waals surface area contributed by atoms with E-state index in [1.54, 1.807) is 13.0 Å². The van der Waals surface area contributed by atoms with Crippen LogP contribution in [0.4, 0.5) is 0 Å². The average Bonchev–Trinajstić information content (AvgIpc) is 2.91. The Hall–Kier alpha value is -1.85. The van der Waals surface area contributed by atoms with Crippen LogP contribution in [0.3, 0.4) is 0 Å². The Bertz CT molecular complexity index is 659. The predicted molar refractivity (Wildman–Crippen MR) is 73.7 cm³/mol. The van der Waals surface area contributed by atoms with Crippen molar-refractivity contribution in [2.75, 3.05) is 13.1 Å². The fourth-order valence-corrected chi connectivity index (χ4v) is 2.83. The summed E-state index contributed by atoms with van der Waals surface area (Å²) >= 11 is 0. The molecule has 1 unspecified atom stereocenters. The third-order valence-corrected chi connectivity index (χ3v) is 3.81. The van der Waals surface area contributed by atoms with Gasteiger partial charge in [-0.1, -0.05) is 18.2 Å². The van der Waals surface area contributed by atoms with Crippen LogP contribution in [0, 0.1) is 0 Å². The Morgan fingerprint density at radius 3 is 2.85 bits per heavy atom. The molecule has 1 atom stereocenters. The van der Waals surface area contributed by atoms with Crippen molar-refractivity contribution < 1.29 is 19.4 Å². The number of furan rings is 1. The summed E-state index contributed by atoms with van der Waals surface area (Å²) in [7, 11) is 0. The highest BCUT2D eigenvalue weighted by Crippen LogP contribution is 2.29. The lowest BCUT2D eigenvalue weighted by atomic mass is 10.1. The van der Waals surface area contributed by atoms with Crippen LogP contribution in [0.2, 0.25) is 0 Å². The Balaban J connectivity index is 1.97. The molecule has 1 aromatic heterocycles. The van der Waals surface area contributed by atoms with Gasteiger partial charge >= 0.3 is 5.97 Å². The fourth-order valence-electron chi connectivity index (χ4n) is 2.83. The van der Waals surface area contributed by atoms with E-state index in [1.807, 2.05) is 18.2 Å². The maximum Gasteiger partial charge on any atom is 0.372 e. The zero-order chi connectivity index (χ0) is 14.3. The number of aliphatic hydroxyl groups is 1.